The van der Waals surface area contributed by atoms with Crippen LogP contribution < -0.4 is 0 Å². The largest absolute Gasteiger partial charge is 0.388 e. The first-order chi connectivity index (χ1) is 7.16. The molecular formula is C12H16BrNO. The number of nitrogens with zero attached hydrogens (tertiary/aromatic N) is 1. The molecule has 1 aliphatic rings. The maximum Gasteiger partial charge on any atom is 0.0831 e. The van der Waals surface area contributed by atoms with Crippen molar-refractivity contribution in [2.24, 2.45) is 5.92 Å². The monoisotopic (exact) mass is 269 g/mol. The first-order valence-corrected chi connectivity index (χ1v) is 6.08. The minimum atomic E-state index is -0.326. The molecule has 1 aromatic rings. The Balaban J connectivity index is 2.10. The smallest absolute Gasteiger partial charge is 0.0831 e. The van der Waals surface area contributed by atoms with Crippen LogP contribution in [0.1, 0.15) is 18.1 Å². The van der Waals surface area contributed by atoms with Gasteiger partial charge in [-0.3, -0.25) is 0 Å². The van der Waals surface area contributed by atoms with Gasteiger partial charge in [0.2, 0.25) is 0 Å². The van der Waals surface area contributed by atoms with Crippen LogP contribution in [0.5, 0.6) is 0 Å². The van der Waals surface area contributed by atoms with E-state index >= 15 is 0 Å². The first kappa shape index (κ1) is 11.1. The fraction of sp³-hybridized carbons (Fsp3) is 0.500. The lowest BCUT2D eigenvalue weighted by molar-refractivity contribution is 0.113. The van der Waals surface area contributed by atoms with Crippen LogP contribution in [0.4, 0.5) is 0 Å². The zero-order chi connectivity index (χ0) is 10.8. The van der Waals surface area contributed by atoms with Crippen LogP contribution in [0.25, 0.3) is 0 Å². The summed E-state index contributed by atoms with van der Waals surface area (Å²) < 4.78 is 1.03. The molecule has 1 saturated heterocycles. The summed E-state index contributed by atoms with van der Waals surface area (Å²) in [5, 5.41) is 10.2. The van der Waals surface area contributed by atoms with Crippen LogP contribution >= 0.6 is 15.9 Å². The molecule has 1 N–H and O–H groups in total. The van der Waals surface area contributed by atoms with Crippen LogP contribution in [0.2, 0.25) is 0 Å². The molecule has 15 heavy (non-hydrogen) atoms. The van der Waals surface area contributed by atoms with Crippen LogP contribution in [0.3, 0.4) is 0 Å². The molecule has 2 nitrogen and oxygen atoms in total. The summed E-state index contributed by atoms with van der Waals surface area (Å²) in [5.41, 5.74) is 1.02. The number of aliphatic hydroxyl groups excluding tert-OH is 1. The van der Waals surface area contributed by atoms with Gasteiger partial charge in [-0.2, -0.15) is 0 Å². The SMILES string of the molecule is CN1CCC(C(O)c2cccc(Br)c2)C1. The van der Waals surface area contributed by atoms with Crippen molar-refractivity contribution in [3.05, 3.63) is 34.3 Å². The summed E-state index contributed by atoms with van der Waals surface area (Å²) in [7, 11) is 2.10. The second-order valence-corrected chi connectivity index (χ2v) is 5.23. The van der Waals surface area contributed by atoms with Gasteiger partial charge in [-0.15, -0.1) is 0 Å². The molecule has 0 saturated carbocycles. The number of hydrogen-bond acceptors (Lipinski definition) is 2. The summed E-state index contributed by atoms with van der Waals surface area (Å²) in [6.45, 7) is 2.09. The van der Waals surface area contributed by atoms with E-state index in [1.54, 1.807) is 0 Å². The van der Waals surface area contributed by atoms with Crippen molar-refractivity contribution < 1.29 is 5.11 Å². The highest BCUT2D eigenvalue weighted by Crippen LogP contribution is 2.30. The van der Waals surface area contributed by atoms with E-state index in [1.165, 1.54) is 0 Å². The molecule has 1 fully saturated rings. The van der Waals surface area contributed by atoms with Gasteiger partial charge in [0, 0.05) is 16.9 Å². The molecule has 2 unspecified atom stereocenters. The molecule has 1 aromatic carbocycles. The maximum absolute atomic E-state index is 10.2. The van der Waals surface area contributed by atoms with Crippen molar-refractivity contribution in [1.29, 1.82) is 0 Å². The second kappa shape index (κ2) is 4.64. The second-order valence-electron chi connectivity index (χ2n) is 4.31. The molecule has 0 aliphatic carbocycles. The molecule has 0 spiro atoms. The van der Waals surface area contributed by atoms with Crippen molar-refractivity contribution in [3.8, 4) is 0 Å². The highest BCUT2D eigenvalue weighted by atomic mass is 79.9. The van der Waals surface area contributed by atoms with E-state index < -0.39 is 0 Å². The van der Waals surface area contributed by atoms with Gasteiger partial charge in [-0.25, -0.2) is 0 Å². The maximum atomic E-state index is 10.2. The molecule has 2 rings (SSSR count). The van der Waals surface area contributed by atoms with Crippen molar-refractivity contribution >= 4 is 15.9 Å². The van der Waals surface area contributed by atoms with Gasteiger partial charge < -0.3 is 10.0 Å². The molecule has 0 bridgehead atoms. The molecule has 0 radical (unpaired) electrons. The fourth-order valence-corrected chi connectivity index (χ4v) is 2.61. The first-order valence-electron chi connectivity index (χ1n) is 5.29. The molecule has 0 amide bonds. The molecule has 2 atom stereocenters. The Hall–Kier alpha value is -0.380. The molecule has 1 aliphatic heterocycles. The van der Waals surface area contributed by atoms with Gasteiger partial charge in [0.15, 0.2) is 0 Å². The van der Waals surface area contributed by atoms with E-state index in [0.717, 1.165) is 29.5 Å². The number of aliphatic hydroxyl groups is 1. The average molecular weight is 270 g/mol. The lowest BCUT2D eigenvalue weighted by atomic mass is 9.95. The van der Waals surface area contributed by atoms with Gasteiger partial charge in [0.25, 0.3) is 0 Å². The van der Waals surface area contributed by atoms with E-state index in [9.17, 15) is 5.11 Å². The summed E-state index contributed by atoms with van der Waals surface area (Å²) in [5.74, 6) is 0.379. The van der Waals surface area contributed by atoms with Gasteiger partial charge in [-0.05, 0) is 37.7 Å². The van der Waals surface area contributed by atoms with Gasteiger partial charge in [0.05, 0.1) is 6.10 Å². The minimum absolute atomic E-state index is 0.326. The zero-order valence-electron chi connectivity index (χ0n) is 8.86. The standard InChI is InChI=1S/C12H16BrNO/c1-14-6-5-10(8-14)12(15)9-3-2-4-11(13)7-9/h2-4,7,10,12,15H,5-6,8H2,1H3. The van der Waals surface area contributed by atoms with Crippen LogP contribution in [-0.4, -0.2) is 30.1 Å². The Kier molecular flexibility index (Phi) is 3.44. The molecular weight excluding hydrogens is 254 g/mol. The minimum Gasteiger partial charge on any atom is -0.388 e. The van der Waals surface area contributed by atoms with Crippen molar-refractivity contribution in [2.45, 2.75) is 12.5 Å². The number of rotatable bonds is 2. The Labute approximate surface area is 99.0 Å². The van der Waals surface area contributed by atoms with Crippen LogP contribution in [0, 0.1) is 5.92 Å². The van der Waals surface area contributed by atoms with E-state index in [4.69, 9.17) is 0 Å². The van der Waals surface area contributed by atoms with Crippen LogP contribution in [0.15, 0.2) is 28.7 Å². The van der Waals surface area contributed by atoms with Gasteiger partial charge in [0.1, 0.15) is 0 Å². The third-order valence-electron chi connectivity index (χ3n) is 3.06. The Bertz CT molecular complexity index is 342. The third kappa shape index (κ3) is 2.60. The Morgan fingerprint density at radius 3 is 2.93 bits per heavy atom. The highest BCUT2D eigenvalue weighted by Gasteiger charge is 2.27. The Morgan fingerprint density at radius 1 is 1.53 bits per heavy atom. The Morgan fingerprint density at radius 2 is 2.33 bits per heavy atom. The quantitative estimate of drug-likeness (QED) is 0.892. The summed E-state index contributed by atoms with van der Waals surface area (Å²) in [6.07, 6.45) is 0.761. The number of hydrogen-bond donors (Lipinski definition) is 1. The zero-order valence-corrected chi connectivity index (χ0v) is 10.4. The average Bonchev–Trinajstić information content (AvgIpc) is 2.64. The van der Waals surface area contributed by atoms with E-state index in [0.29, 0.717) is 5.92 Å². The molecule has 3 heteroatoms. The summed E-state index contributed by atoms with van der Waals surface area (Å²) in [6, 6.07) is 7.95. The number of halogens is 1. The van der Waals surface area contributed by atoms with Crippen molar-refractivity contribution in [1.82, 2.24) is 4.90 Å². The molecule has 1 heterocycles. The lowest BCUT2D eigenvalue weighted by Crippen LogP contribution is -2.18. The molecule has 82 valence electrons. The predicted molar refractivity (Wildman–Crippen MR) is 64.7 cm³/mol. The van der Waals surface area contributed by atoms with Gasteiger partial charge in [-0.1, -0.05) is 28.1 Å². The highest BCUT2D eigenvalue weighted by molar-refractivity contribution is 9.10. The van der Waals surface area contributed by atoms with E-state index in [1.807, 2.05) is 24.3 Å². The third-order valence-corrected chi connectivity index (χ3v) is 3.56. The van der Waals surface area contributed by atoms with Crippen molar-refractivity contribution in [2.75, 3.05) is 20.1 Å². The van der Waals surface area contributed by atoms with E-state index in [-0.39, 0.29) is 6.10 Å². The van der Waals surface area contributed by atoms with Gasteiger partial charge >= 0.3 is 0 Å². The molecule has 0 aromatic heterocycles. The summed E-state index contributed by atoms with van der Waals surface area (Å²) in [4.78, 5) is 2.27. The van der Waals surface area contributed by atoms with Crippen LogP contribution in [-0.2, 0) is 0 Å². The van der Waals surface area contributed by atoms with Crippen molar-refractivity contribution in [3.63, 3.8) is 0 Å². The number of likely N-dealkylation sites (tertiary alicyclic amines) is 1. The topological polar surface area (TPSA) is 23.5 Å². The fourth-order valence-electron chi connectivity index (χ4n) is 2.19. The van der Waals surface area contributed by atoms with E-state index in [2.05, 4.69) is 27.9 Å². The summed E-state index contributed by atoms with van der Waals surface area (Å²) >= 11 is 3.43. The lowest BCUT2D eigenvalue weighted by Gasteiger charge is -2.18. The normalized spacial score (nSPS) is 24.3. The number of benzene rings is 1. The predicted octanol–water partition coefficient (Wildman–Crippen LogP) is 2.43.